The van der Waals surface area contributed by atoms with Crippen LogP contribution in [0.2, 0.25) is 0 Å². The summed E-state index contributed by atoms with van der Waals surface area (Å²) in [5.74, 6) is -4.57. The van der Waals surface area contributed by atoms with Crippen LogP contribution in [0.5, 0.6) is 0 Å². The van der Waals surface area contributed by atoms with Crippen LogP contribution in [0.15, 0.2) is 12.7 Å². The van der Waals surface area contributed by atoms with Crippen molar-refractivity contribution >= 4 is 23.9 Å². The third kappa shape index (κ3) is 7.12. The molecule has 0 amide bonds. The van der Waals surface area contributed by atoms with Gasteiger partial charge in [-0.25, -0.2) is 0 Å². The number of aliphatic carboxylic acids is 3. The van der Waals surface area contributed by atoms with Crippen molar-refractivity contribution in [3.05, 3.63) is 12.7 Å². The molecule has 2 saturated carbocycles. The molecule has 290 valence electrons. The SMILES string of the molecule is C=C[C@@]1(C)CC[C@H]2[C@](C)(CC(=O)OC[C@@H](O)[C@@]3(C)CC[C@H]4[C@](C)(CC(=O)O)[C@@H](C(C)(C)C(=O)O)CC[C@]4(C)O3)[C@@H](C(C)(C)C(=O)O)CC[C@]2(C)O1. The molecule has 0 aromatic heterocycles. The van der Waals surface area contributed by atoms with Crippen LogP contribution in [0.1, 0.15) is 133 Å². The lowest BCUT2D eigenvalue weighted by molar-refractivity contribution is -0.284. The molecule has 51 heavy (non-hydrogen) atoms. The topological polar surface area (TPSA) is 177 Å². The number of carboxylic acids is 3. The number of aliphatic hydroxyl groups is 1. The molecule has 2 aliphatic heterocycles. The number of carboxylic acid groups (broad SMARTS) is 3. The number of hydrogen-bond donors (Lipinski definition) is 4. The predicted molar refractivity (Wildman–Crippen MR) is 190 cm³/mol. The summed E-state index contributed by atoms with van der Waals surface area (Å²) in [6, 6.07) is 0. The minimum Gasteiger partial charge on any atom is -0.481 e. The van der Waals surface area contributed by atoms with Crippen LogP contribution in [-0.2, 0) is 33.4 Å². The highest BCUT2D eigenvalue weighted by atomic mass is 16.6. The van der Waals surface area contributed by atoms with Crippen molar-refractivity contribution in [1.29, 1.82) is 0 Å². The summed E-state index contributed by atoms with van der Waals surface area (Å²) in [4.78, 5) is 50.9. The van der Waals surface area contributed by atoms with Gasteiger partial charge in [0.15, 0.2) is 0 Å². The van der Waals surface area contributed by atoms with Gasteiger partial charge < -0.3 is 34.6 Å². The number of hydrogen-bond acceptors (Lipinski definition) is 8. The molecule has 11 atom stereocenters. The lowest BCUT2D eigenvalue weighted by atomic mass is 9.47. The summed E-state index contributed by atoms with van der Waals surface area (Å²) in [6.07, 6.45) is 4.80. The fourth-order valence-electron chi connectivity index (χ4n) is 11.9. The Morgan fingerprint density at radius 2 is 1.20 bits per heavy atom. The second kappa shape index (κ2) is 13.4. The van der Waals surface area contributed by atoms with Gasteiger partial charge in [0.1, 0.15) is 12.7 Å². The van der Waals surface area contributed by atoms with Gasteiger partial charge in [0.2, 0.25) is 0 Å². The number of aliphatic hydroxyl groups excluding tert-OH is 1. The summed E-state index contributed by atoms with van der Waals surface area (Å²) < 4.78 is 19.3. The Labute approximate surface area is 303 Å². The van der Waals surface area contributed by atoms with Crippen molar-refractivity contribution in [2.24, 2.45) is 45.3 Å². The van der Waals surface area contributed by atoms with Gasteiger partial charge in [0.05, 0.1) is 46.1 Å². The van der Waals surface area contributed by atoms with Crippen molar-refractivity contribution in [1.82, 2.24) is 0 Å². The van der Waals surface area contributed by atoms with E-state index < -0.39 is 80.0 Å². The molecule has 4 rings (SSSR count). The van der Waals surface area contributed by atoms with Gasteiger partial charge in [-0.05, 0) is 141 Å². The molecule has 0 radical (unpaired) electrons. The number of fused-ring (bicyclic) bond motifs is 2. The van der Waals surface area contributed by atoms with Crippen LogP contribution in [0, 0.1) is 45.3 Å². The van der Waals surface area contributed by atoms with E-state index in [2.05, 4.69) is 13.5 Å². The van der Waals surface area contributed by atoms with Crippen LogP contribution in [-0.4, -0.2) is 79.4 Å². The van der Waals surface area contributed by atoms with Gasteiger partial charge >= 0.3 is 23.9 Å². The first-order valence-electron chi connectivity index (χ1n) is 18.7. The molecule has 0 bridgehead atoms. The molecule has 0 unspecified atom stereocenters. The Balaban J connectivity index is 1.53. The fraction of sp³-hybridized carbons (Fsp3) is 0.850. The first kappa shape index (κ1) is 41.3. The van der Waals surface area contributed by atoms with E-state index in [4.69, 9.17) is 14.2 Å². The van der Waals surface area contributed by atoms with Gasteiger partial charge in [-0.1, -0.05) is 19.9 Å². The average molecular weight is 721 g/mol. The zero-order valence-electron chi connectivity index (χ0n) is 32.6. The summed E-state index contributed by atoms with van der Waals surface area (Å²) in [6.45, 7) is 22.0. The smallest absolute Gasteiger partial charge is 0.309 e. The van der Waals surface area contributed by atoms with E-state index in [9.17, 15) is 39.6 Å². The molecule has 0 aromatic rings. The molecule has 2 saturated heterocycles. The Hall–Kier alpha value is -2.50. The zero-order chi connectivity index (χ0) is 38.8. The summed E-state index contributed by atoms with van der Waals surface area (Å²) >= 11 is 0. The van der Waals surface area contributed by atoms with Crippen LogP contribution in [0.25, 0.3) is 0 Å². The summed E-state index contributed by atoms with van der Waals surface area (Å²) in [7, 11) is 0. The molecular formula is C40H64O11. The van der Waals surface area contributed by atoms with Crippen LogP contribution >= 0.6 is 0 Å². The number of esters is 1. The highest BCUT2D eigenvalue weighted by molar-refractivity contribution is 5.76. The highest BCUT2D eigenvalue weighted by Crippen LogP contribution is 2.64. The van der Waals surface area contributed by atoms with Crippen molar-refractivity contribution in [3.63, 3.8) is 0 Å². The van der Waals surface area contributed by atoms with E-state index in [-0.39, 0.29) is 37.2 Å². The second-order valence-electron chi connectivity index (χ2n) is 19.0. The van der Waals surface area contributed by atoms with E-state index in [0.29, 0.717) is 44.9 Å². The maximum atomic E-state index is 13.8. The quantitative estimate of drug-likeness (QED) is 0.122. The molecule has 0 aromatic carbocycles. The number of rotatable bonds is 12. The normalized spacial score (nSPS) is 42.1. The van der Waals surface area contributed by atoms with E-state index >= 15 is 0 Å². The van der Waals surface area contributed by atoms with Gasteiger partial charge in [-0.15, -0.1) is 6.58 Å². The Kier molecular flexibility index (Phi) is 10.9. The Bertz CT molecular complexity index is 1410. The number of ether oxygens (including phenoxy) is 3. The van der Waals surface area contributed by atoms with E-state index in [1.54, 1.807) is 34.6 Å². The molecule has 0 spiro atoms. The van der Waals surface area contributed by atoms with Gasteiger partial charge in [0.25, 0.3) is 0 Å². The molecule has 4 N–H and O–H groups in total. The molecule has 11 heteroatoms. The minimum atomic E-state index is -1.19. The number of carbonyl (C=O) groups excluding carboxylic acids is 1. The largest absolute Gasteiger partial charge is 0.481 e. The van der Waals surface area contributed by atoms with E-state index in [0.717, 1.165) is 6.42 Å². The molecule has 2 aliphatic carbocycles. The maximum absolute atomic E-state index is 13.8. The van der Waals surface area contributed by atoms with E-state index in [1.165, 1.54) is 0 Å². The molecule has 4 fully saturated rings. The van der Waals surface area contributed by atoms with Gasteiger partial charge in [-0.3, -0.25) is 19.2 Å². The van der Waals surface area contributed by atoms with Crippen LogP contribution < -0.4 is 0 Å². The highest BCUT2D eigenvalue weighted by Gasteiger charge is 2.64. The van der Waals surface area contributed by atoms with Gasteiger partial charge in [0, 0.05) is 0 Å². The third-order valence-corrected chi connectivity index (χ3v) is 14.7. The lowest BCUT2D eigenvalue weighted by Crippen LogP contribution is -2.65. The van der Waals surface area contributed by atoms with Crippen molar-refractivity contribution in [2.45, 2.75) is 162 Å². The van der Waals surface area contributed by atoms with Gasteiger partial charge in [-0.2, -0.15) is 0 Å². The van der Waals surface area contributed by atoms with E-state index in [1.807, 2.05) is 33.8 Å². The summed E-state index contributed by atoms with van der Waals surface area (Å²) in [5, 5.41) is 41.9. The van der Waals surface area contributed by atoms with Crippen LogP contribution in [0.3, 0.4) is 0 Å². The zero-order valence-corrected chi connectivity index (χ0v) is 32.6. The number of carbonyl (C=O) groups is 4. The second-order valence-corrected chi connectivity index (χ2v) is 19.0. The first-order chi connectivity index (χ1) is 23.2. The molecule has 11 nitrogen and oxygen atoms in total. The lowest BCUT2D eigenvalue weighted by Gasteiger charge is -2.63. The predicted octanol–water partition coefficient (Wildman–Crippen LogP) is 6.88. The Morgan fingerprint density at radius 3 is 1.65 bits per heavy atom. The molecule has 2 heterocycles. The van der Waals surface area contributed by atoms with Crippen molar-refractivity contribution in [3.8, 4) is 0 Å². The minimum absolute atomic E-state index is 0.0405. The monoisotopic (exact) mass is 720 g/mol. The Morgan fingerprint density at radius 1 is 0.745 bits per heavy atom. The fourth-order valence-corrected chi connectivity index (χ4v) is 11.9. The standard InChI is InChI=1S/C40H64O11/c1-12-35(6)17-13-26-37(8,25(34(4,5)32(47)48)14-18-38(26,9)50-35)22-30(44)49-23-28(41)40(11)20-16-27-36(7,21-29(42)43)24(33(2,3)31(45)46)15-19-39(27,10)51-40/h12,24-28,41H,1,13-23H2,2-11H3,(H,42,43)(H,45,46)(H,47,48)/t24-,25-,26+,27+,28-,35+,36-,37-,38+,39+,40-/m1/s1. The third-order valence-electron chi connectivity index (χ3n) is 14.7. The molecular weight excluding hydrogens is 656 g/mol. The average Bonchev–Trinajstić information content (AvgIpc) is 2.98. The maximum Gasteiger partial charge on any atom is 0.309 e. The van der Waals surface area contributed by atoms with Crippen molar-refractivity contribution in [2.75, 3.05) is 6.61 Å². The summed E-state index contributed by atoms with van der Waals surface area (Å²) in [5.41, 5.74) is -6.99. The first-order valence-corrected chi connectivity index (χ1v) is 18.7. The molecule has 4 aliphatic rings. The van der Waals surface area contributed by atoms with Crippen molar-refractivity contribution < 1.29 is 53.8 Å². The van der Waals surface area contributed by atoms with Crippen LogP contribution in [0.4, 0.5) is 0 Å².